The van der Waals surface area contributed by atoms with Gasteiger partial charge in [0.1, 0.15) is 0 Å². The van der Waals surface area contributed by atoms with Crippen LogP contribution in [-0.2, 0) is 9.59 Å². The lowest BCUT2D eigenvalue weighted by molar-refractivity contribution is -0.862. The zero-order chi connectivity index (χ0) is 20.6. The van der Waals surface area contributed by atoms with Crippen LogP contribution in [0.3, 0.4) is 0 Å². The molecule has 0 aliphatic carbocycles. The van der Waals surface area contributed by atoms with Crippen molar-refractivity contribution in [2.45, 2.75) is 4.90 Å². The van der Waals surface area contributed by atoms with E-state index < -0.39 is 0 Å². The highest BCUT2D eigenvalue weighted by Crippen LogP contribution is 2.24. The Balaban J connectivity index is 1.44. The Morgan fingerprint density at radius 3 is 2.45 bits per heavy atom. The molecule has 154 valence electrons. The molecule has 0 bridgehead atoms. The van der Waals surface area contributed by atoms with Crippen LogP contribution in [0.4, 0.5) is 11.6 Å². The molecule has 1 unspecified atom stereocenters. The lowest BCUT2D eigenvalue weighted by Gasteiger charge is -2.34. The van der Waals surface area contributed by atoms with Crippen LogP contribution in [0, 0.1) is 0 Å². The van der Waals surface area contributed by atoms with Gasteiger partial charge in [-0.1, -0.05) is 12.1 Å². The first-order valence-corrected chi connectivity index (χ1v) is 10.8. The van der Waals surface area contributed by atoms with Gasteiger partial charge in [0.25, 0.3) is 11.8 Å². The first kappa shape index (κ1) is 21.1. The van der Waals surface area contributed by atoms with Gasteiger partial charge >= 0.3 is 0 Å². The van der Waals surface area contributed by atoms with Crippen LogP contribution in [0.25, 0.3) is 0 Å². The number of carbonyl (C=O) groups is 2. The topological polar surface area (TPSA) is 82.9 Å². The van der Waals surface area contributed by atoms with E-state index in [1.54, 1.807) is 30.2 Å². The van der Waals surface area contributed by atoms with E-state index in [0.717, 1.165) is 15.5 Å². The average Bonchev–Trinajstić information content (AvgIpc) is 2.74. The largest absolute Gasteiger partial charge is 0.337 e. The number of para-hydroxylation sites is 1. The minimum absolute atomic E-state index is 0.0634. The summed E-state index contributed by atoms with van der Waals surface area (Å²) in [6, 6.07) is 9.50. The summed E-state index contributed by atoms with van der Waals surface area (Å²) < 4.78 is 0. The van der Waals surface area contributed by atoms with Crippen molar-refractivity contribution >= 4 is 35.2 Å². The second-order valence-electron chi connectivity index (χ2n) is 6.98. The van der Waals surface area contributed by atoms with Crippen molar-refractivity contribution in [2.75, 3.05) is 62.8 Å². The maximum Gasteiger partial charge on any atom is 0.279 e. The molecule has 1 aromatic carbocycles. The van der Waals surface area contributed by atoms with Gasteiger partial charge in [-0.05, 0) is 24.5 Å². The number of hydrogen-bond acceptors (Lipinski definition) is 6. The van der Waals surface area contributed by atoms with E-state index in [1.165, 1.54) is 0 Å². The summed E-state index contributed by atoms with van der Waals surface area (Å²) in [6.07, 6.45) is 5.42. The predicted octanol–water partition coefficient (Wildman–Crippen LogP) is 0.000500. The molecular weight excluding hydrogens is 388 g/mol. The van der Waals surface area contributed by atoms with Crippen molar-refractivity contribution < 1.29 is 14.5 Å². The quantitative estimate of drug-likeness (QED) is 0.620. The maximum absolute atomic E-state index is 12.6. The molecule has 2 heterocycles. The van der Waals surface area contributed by atoms with Crippen LogP contribution in [0.2, 0.25) is 0 Å². The fourth-order valence-electron chi connectivity index (χ4n) is 3.26. The number of piperazine rings is 1. The number of hydrogen-bond donors (Lipinski definition) is 2. The summed E-state index contributed by atoms with van der Waals surface area (Å²) in [7, 11) is 1.87. The van der Waals surface area contributed by atoms with E-state index in [4.69, 9.17) is 0 Å². The zero-order valence-electron chi connectivity index (χ0n) is 16.8. The van der Waals surface area contributed by atoms with E-state index in [1.807, 2.05) is 42.5 Å². The monoisotopic (exact) mass is 415 g/mol. The standard InChI is InChI=1S/C20H26N6O2S/c1-24(14-18(27)23-16-6-3-4-7-17(16)29-2)15-19(28)25-10-12-26(13-11-25)20-21-8-5-9-22-20/h3-9H,10-15H2,1-2H3,(H,23,27)/p+1. The van der Waals surface area contributed by atoms with Gasteiger partial charge in [0.15, 0.2) is 13.1 Å². The number of rotatable bonds is 7. The van der Waals surface area contributed by atoms with Crippen LogP contribution >= 0.6 is 11.8 Å². The second-order valence-corrected chi connectivity index (χ2v) is 7.82. The van der Waals surface area contributed by atoms with Gasteiger partial charge < -0.3 is 20.0 Å². The minimum Gasteiger partial charge on any atom is -0.337 e. The SMILES string of the molecule is CSc1ccccc1NC(=O)C[NH+](C)CC(=O)N1CCN(c2ncccn2)CC1. The number of carbonyl (C=O) groups excluding carboxylic acids is 2. The van der Waals surface area contributed by atoms with Crippen molar-refractivity contribution in [3.63, 3.8) is 0 Å². The summed E-state index contributed by atoms with van der Waals surface area (Å²) in [6.45, 7) is 3.22. The first-order chi connectivity index (χ1) is 14.1. The summed E-state index contributed by atoms with van der Waals surface area (Å²) in [4.78, 5) is 39.3. The van der Waals surface area contributed by atoms with E-state index >= 15 is 0 Å². The molecule has 8 nitrogen and oxygen atoms in total. The van der Waals surface area contributed by atoms with Gasteiger partial charge in [-0.15, -0.1) is 11.8 Å². The number of benzene rings is 1. The van der Waals surface area contributed by atoms with E-state index in [9.17, 15) is 9.59 Å². The highest BCUT2D eigenvalue weighted by atomic mass is 32.2. The third-order valence-corrected chi connectivity index (χ3v) is 5.56. The molecule has 29 heavy (non-hydrogen) atoms. The van der Waals surface area contributed by atoms with Gasteiger partial charge in [-0.3, -0.25) is 9.59 Å². The molecule has 9 heteroatoms. The van der Waals surface area contributed by atoms with Crippen LogP contribution in [-0.4, -0.2) is 79.3 Å². The molecule has 2 aromatic rings. The summed E-state index contributed by atoms with van der Waals surface area (Å²) in [5.41, 5.74) is 0.809. The second kappa shape index (κ2) is 10.2. The molecule has 2 amide bonds. The number of nitrogens with zero attached hydrogens (tertiary/aromatic N) is 4. The summed E-state index contributed by atoms with van der Waals surface area (Å²) >= 11 is 1.59. The third kappa shape index (κ3) is 5.91. The van der Waals surface area contributed by atoms with Gasteiger partial charge in [0, 0.05) is 43.5 Å². The van der Waals surface area contributed by atoms with Crippen molar-refractivity contribution in [3.05, 3.63) is 42.7 Å². The minimum atomic E-state index is -0.0946. The third-order valence-electron chi connectivity index (χ3n) is 4.76. The Morgan fingerprint density at radius 2 is 1.76 bits per heavy atom. The fourth-order valence-corrected chi connectivity index (χ4v) is 3.81. The molecule has 3 rings (SSSR count). The maximum atomic E-state index is 12.6. The number of amides is 2. The molecule has 1 fully saturated rings. The van der Waals surface area contributed by atoms with Gasteiger partial charge in [0.05, 0.1) is 12.7 Å². The summed E-state index contributed by atoms with van der Waals surface area (Å²) in [5.74, 6) is 0.667. The smallest absolute Gasteiger partial charge is 0.279 e. The van der Waals surface area contributed by atoms with Crippen LogP contribution < -0.4 is 15.1 Å². The van der Waals surface area contributed by atoms with Crippen molar-refractivity contribution in [1.29, 1.82) is 0 Å². The highest BCUT2D eigenvalue weighted by molar-refractivity contribution is 7.98. The number of quaternary nitrogens is 1. The first-order valence-electron chi connectivity index (χ1n) is 9.60. The predicted molar refractivity (Wildman–Crippen MR) is 114 cm³/mol. The highest BCUT2D eigenvalue weighted by Gasteiger charge is 2.25. The number of nitrogens with one attached hydrogen (secondary N) is 2. The Hall–Kier alpha value is -2.65. The van der Waals surface area contributed by atoms with Crippen LogP contribution in [0.5, 0.6) is 0 Å². The number of likely N-dealkylation sites (N-methyl/N-ethyl adjacent to an activating group) is 1. The Labute approximate surface area is 175 Å². The summed E-state index contributed by atoms with van der Waals surface area (Å²) in [5, 5.41) is 2.94. The molecule has 1 aromatic heterocycles. The number of anilines is 2. The van der Waals surface area contributed by atoms with Crippen molar-refractivity contribution in [3.8, 4) is 0 Å². The Kier molecular flexibility index (Phi) is 7.42. The van der Waals surface area contributed by atoms with Crippen molar-refractivity contribution in [2.24, 2.45) is 0 Å². The van der Waals surface area contributed by atoms with Gasteiger partial charge in [-0.25, -0.2) is 9.97 Å². The lowest BCUT2D eigenvalue weighted by atomic mass is 10.3. The van der Waals surface area contributed by atoms with Gasteiger partial charge in [0.2, 0.25) is 5.95 Å². The molecule has 1 aliphatic heterocycles. The number of aromatic nitrogens is 2. The van der Waals surface area contributed by atoms with Crippen LogP contribution in [0.15, 0.2) is 47.6 Å². The lowest BCUT2D eigenvalue weighted by Crippen LogP contribution is -3.11. The number of thioether (sulfide) groups is 1. The molecule has 1 aliphatic rings. The van der Waals surface area contributed by atoms with E-state index in [0.29, 0.717) is 38.7 Å². The zero-order valence-corrected chi connectivity index (χ0v) is 17.6. The molecular formula is C20H27N6O2S+. The molecule has 0 saturated carbocycles. The molecule has 1 saturated heterocycles. The van der Waals surface area contributed by atoms with E-state index in [2.05, 4.69) is 20.2 Å². The Morgan fingerprint density at radius 1 is 1.07 bits per heavy atom. The average molecular weight is 416 g/mol. The molecule has 1 atom stereocenters. The molecule has 0 radical (unpaired) electrons. The van der Waals surface area contributed by atoms with E-state index in [-0.39, 0.29) is 18.4 Å². The molecule has 2 N–H and O–H groups in total. The van der Waals surface area contributed by atoms with Crippen LogP contribution in [0.1, 0.15) is 0 Å². The Bertz CT molecular complexity index is 827. The molecule has 0 spiro atoms. The van der Waals surface area contributed by atoms with Crippen molar-refractivity contribution in [1.82, 2.24) is 14.9 Å². The fraction of sp³-hybridized carbons (Fsp3) is 0.400. The van der Waals surface area contributed by atoms with Gasteiger partial charge in [-0.2, -0.15) is 0 Å². The normalized spacial score (nSPS) is 15.1.